The largest absolute Gasteiger partial charge is 0.350 e. The Morgan fingerprint density at radius 1 is 1.12 bits per heavy atom. The summed E-state index contributed by atoms with van der Waals surface area (Å²) < 4.78 is 14.4. The Hall–Kier alpha value is -1.92. The van der Waals surface area contributed by atoms with E-state index in [-0.39, 0.29) is 28.2 Å². The van der Waals surface area contributed by atoms with E-state index in [0.29, 0.717) is 10.0 Å². The minimum absolute atomic E-state index is 0.0249. The van der Waals surface area contributed by atoms with Gasteiger partial charge < -0.3 is 10.6 Å². The molecule has 0 radical (unpaired) electrons. The van der Waals surface area contributed by atoms with E-state index in [2.05, 4.69) is 26.6 Å². The van der Waals surface area contributed by atoms with E-state index >= 15 is 0 Å². The van der Waals surface area contributed by atoms with Crippen LogP contribution in [-0.2, 0) is 0 Å². The van der Waals surface area contributed by atoms with Crippen molar-refractivity contribution in [3.8, 4) is 0 Å². The summed E-state index contributed by atoms with van der Waals surface area (Å²) >= 11 is 9.19. The van der Waals surface area contributed by atoms with Crippen LogP contribution in [0, 0.1) is 5.82 Å². The summed E-state index contributed by atoms with van der Waals surface area (Å²) in [6.07, 6.45) is 0. The molecule has 0 aliphatic heterocycles. The lowest BCUT2D eigenvalue weighted by molar-refractivity contribution is 0.0941. The van der Waals surface area contributed by atoms with E-state index < -0.39 is 11.7 Å². The zero-order valence-corrected chi connectivity index (χ0v) is 15.3. The number of rotatable bonds is 4. The minimum atomic E-state index is -0.660. The number of benzene rings is 2. The molecule has 0 spiro atoms. The number of amides is 2. The van der Waals surface area contributed by atoms with E-state index in [1.54, 1.807) is 12.1 Å². The van der Waals surface area contributed by atoms with Crippen molar-refractivity contribution in [3.63, 3.8) is 0 Å². The molecule has 0 aliphatic carbocycles. The number of carbonyl (C=O) groups is 2. The van der Waals surface area contributed by atoms with Crippen molar-refractivity contribution in [2.75, 3.05) is 5.32 Å². The van der Waals surface area contributed by atoms with Crippen molar-refractivity contribution in [1.82, 2.24) is 5.32 Å². The molecular weight excluding hydrogens is 399 g/mol. The van der Waals surface area contributed by atoms with Gasteiger partial charge in [-0.2, -0.15) is 0 Å². The van der Waals surface area contributed by atoms with Crippen LogP contribution in [-0.4, -0.2) is 17.9 Å². The topological polar surface area (TPSA) is 58.2 Å². The van der Waals surface area contributed by atoms with E-state index in [0.717, 1.165) is 0 Å². The molecule has 0 fully saturated rings. The summed E-state index contributed by atoms with van der Waals surface area (Å²) in [4.78, 5) is 24.3. The van der Waals surface area contributed by atoms with Gasteiger partial charge in [0.05, 0.1) is 16.3 Å². The molecule has 2 aromatic carbocycles. The third-order valence-corrected chi connectivity index (χ3v) is 3.90. The van der Waals surface area contributed by atoms with Crippen molar-refractivity contribution in [3.05, 3.63) is 62.8 Å². The van der Waals surface area contributed by atoms with Gasteiger partial charge in [-0.3, -0.25) is 9.59 Å². The summed E-state index contributed by atoms with van der Waals surface area (Å²) in [5.74, 6) is -1.60. The van der Waals surface area contributed by atoms with Gasteiger partial charge in [0.15, 0.2) is 0 Å². The van der Waals surface area contributed by atoms with Crippen molar-refractivity contribution in [1.29, 1.82) is 0 Å². The molecular formula is C17H15BrClFN2O2. The van der Waals surface area contributed by atoms with Crippen LogP contribution in [0.1, 0.15) is 34.6 Å². The Balaban J connectivity index is 2.25. The molecule has 2 rings (SSSR count). The van der Waals surface area contributed by atoms with Crippen molar-refractivity contribution in [2.24, 2.45) is 0 Å². The van der Waals surface area contributed by atoms with Crippen molar-refractivity contribution in [2.45, 2.75) is 19.9 Å². The number of carbonyl (C=O) groups excluding carboxylic acids is 2. The average molecular weight is 414 g/mol. The second-order valence-corrected chi connectivity index (χ2v) is 6.72. The normalized spacial score (nSPS) is 10.6. The predicted octanol–water partition coefficient (Wildman–Crippen LogP) is 4.63. The van der Waals surface area contributed by atoms with E-state index in [9.17, 15) is 14.0 Å². The van der Waals surface area contributed by atoms with Gasteiger partial charge in [-0.25, -0.2) is 4.39 Å². The van der Waals surface area contributed by atoms with Gasteiger partial charge in [-0.05, 0) is 50.2 Å². The first kappa shape index (κ1) is 18.4. The highest BCUT2D eigenvalue weighted by atomic mass is 79.9. The Kier molecular flexibility index (Phi) is 5.96. The second-order valence-electron chi connectivity index (χ2n) is 5.40. The lowest BCUT2D eigenvalue weighted by Gasteiger charge is -2.12. The maximum Gasteiger partial charge on any atom is 0.258 e. The lowest BCUT2D eigenvalue weighted by Crippen LogP contribution is -2.30. The molecule has 2 amide bonds. The molecule has 0 aromatic heterocycles. The van der Waals surface area contributed by atoms with Gasteiger partial charge in [0, 0.05) is 16.1 Å². The zero-order chi connectivity index (χ0) is 17.9. The Bertz CT molecular complexity index is 796. The number of nitrogens with one attached hydrogen (secondary N) is 2. The lowest BCUT2D eigenvalue weighted by atomic mass is 10.1. The van der Waals surface area contributed by atoms with Crippen LogP contribution in [0.2, 0.25) is 5.02 Å². The summed E-state index contributed by atoms with van der Waals surface area (Å²) in [5.41, 5.74) is 0.464. The highest BCUT2D eigenvalue weighted by Crippen LogP contribution is 2.24. The van der Waals surface area contributed by atoms with Gasteiger partial charge in [0.1, 0.15) is 5.82 Å². The maximum absolute atomic E-state index is 13.9. The highest BCUT2D eigenvalue weighted by molar-refractivity contribution is 9.10. The van der Waals surface area contributed by atoms with E-state index in [1.807, 2.05) is 13.8 Å². The zero-order valence-electron chi connectivity index (χ0n) is 13.0. The van der Waals surface area contributed by atoms with Crippen LogP contribution in [0.5, 0.6) is 0 Å². The summed E-state index contributed by atoms with van der Waals surface area (Å²) in [5, 5.41) is 5.53. The molecule has 2 N–H and O–H groups in total. The van der Waals surface area contributed by atoms with Gasteiger partial charge in [-0.1, -0.05) is 27.5 Å². The van der Waals surface area contributed by atoms with Crippen molar-refractivity contribution < 1.29 is 14.0 Å². The molecule has 2 aromatic rings. The molecule has 0 saturated carbocycles. The molecule has 0 atom stereocenters. The maximum atomic E-state index is 13.9. The second kappa shape index (κ2) is 7.77. The van der Waals surface area contributed by atoms with Crippen molar-refractivity contribution >= 4 is 45.0 Å². The third-order valence-electron chi connectivity index (χ3n) is 3.07. The van der Waals surface area contributed by atoms with Gasteiger partial charge in [-0.15, -0.1) is 0 Å². The molecule has 4 nitrogen and oxygen atoms in total. The van der Waals surface area contributed by atoms with Crippen LogP contribution < -0.4 is 10.6 Å². The average Bonchev–Trinajstić information content (AvgIpc) is 2.48. The minimum Gasteiger partial charge on any atom is -0.350 e. The number of hydrogen-bond acceptors (Lipinski definition) is 2. The molecule has 0 heterocycles. The quantitative estimate of drug-likeness (QED) is 0.767. The van der Waals surface area contributed by atoms with E-state index in [4.69, 9.17) is 11.6 Å². The first-order chi connectivity index (χ1) is 11.3. The number of anilines is 1. The molecule has 0 saturated heterocycles. The number of hydrogen-bond donors (Lipinski definition) is 2. The van der Waals surface area contributed by atoms with Crippen LogP contribution in [0.15, 0.2) is 40.9 Å². The van der Waals surface area contributed by atoms with Gasteiger partial charge >= 0.3 is 0 Å². The summed E-state index contributed by atoms with van der Waals surface area (Å²) in [6.45, 7) is 3.68. The SMILES string of the molecule is CC(C)NC(=O)c1ccc(Cl)c(NC(=O)c2ccc(Br)cc2F)c1. The standard InChI is InChI=1S/C17H15BrClFN2O2/c1-9(2)21-16(23)10-3-6-13(19)15(7-10)22-17(24)12-5-4-11(18)8-14(12)20/h3-9H,1-2H3,(H,21,23)(H,22,24). The van der Waals surface area contributed by atoms with Gasteiger partial charge in [0.25, 0.3) is 11.8 Å². The molecule has 24 heavy (non-hydrogen) atoms. The first-order valence-corrected chi connectivity index (χ1v) is 8.32. The fourth-order valence-electron chi connectivity index (χ4n) is 1.97. The molecule has 0 unspecified atom stereocenters. The summed E-state index contributed by atoms with van der Waals surface area (Å²) in [7, 11) is 0. The van der Waals surface area contributed by atoms with Crippen LogP contribution in [0.4, 0.5) is 10.1 Å². The molecule has 126 valence electrons. The van der Waals surface area contributed by atoms with Gasteiger partial charge in [0.2, 0.25) is 0 Å². The predicted molar refractivity (Wildman–Crippen MR) is 96.1 cm³/mol. The first-order valence-electron chi connectivity index (χ1n) is 7.14. The fraction of sp³-hybridized carbons (Fsp3) is 0.176. The van der Waals surface area contributed by atoms with Crippen LogP contribution in [0.3, 0.4) is 0 Å². The smallest absolute Gasteiger partial charge is 0.258 e. The number of halogens is 3. The summed E-state index contributed by atoms with van der Waals surface area (Å²) in [6, 6.07) is 8.60. The fourth-order valence-corrected chi connectivity index (χ4v) is 2.47. The highest BCUT2D eigenvalue weighted by Gasteiger charge is 2.15. The van der Waals surface area contributed by atoms with E-state index in [1.165, 1.54) is 24.3 Å². The third kappa shape index (κ3) is 4.55. The monoisotopic (exact) mass is 412 g/mol. The Labute approximate surface area is 152 Å². The molecule has 0 bridgehead atoms. The Morgan fingerprint density at radius 2 is 1.83 bits per heavy atom. The molecule has 0 aliphatic rings. The molecule has 7 heteroatoms. The van der Waals surface area contributed by atoms with Crippen LogP contribution in [0.25, 0.3) is 0 Å². The Morgan fingerprint density at radius 3 is 2.46 bits per heavy atom. The van der Waals surface area contributed by atoms with Crippen LogP contribution >= 0.6 is 27.5 Å².